The molecule has 1 aliphatic rings. The van der Waals surface area contributed by atoms with E-state index < -0.39 is 23.5 Å². The number of rotatable bonds is 4. The second kappa shape index (κ2) is 7.39. The van der Waals surface area contributed by atoms with Crippen LogP contribution in [0, 0.1) is 5.82 Å². The van der Waals surface area contributed by atoms with Crippen LogP contribution in [-0.4, -0.2) is 40.0 Å². The third kappa shape index (κ3) is 3.27. The van der Waals surface area contributed by atoms with Gasteiger partial charge in [0.1, 0.15) is 11.6 Å². The van der Waals surface area contributed by atoms with E-state index in [-0.39, 0.29) is 24.5 Å². The Labute approximate surface area is 157 Å². The quantitative estimate of drug-likeness (QED) is 0.453. The van der Waals surface area contributed by atoms with E-state index in [0.29, 0.717) is 11.1 Å². The monoisotopic (exact) mass is 419 g/mol. The first-order valence-corrected chi connectivity index (χ1v) is 8.64. The van der Waals surface area contributed by atoms with Crippen LogP contribution in [0.3, 0.4) is 0 Å². The Hall–Kier alpha value is -2.51. The van der Waals surface area contributed by atoms with Crippen LogP contribution >= 0.6 is 15.9 Å². The Morgan fingerprint density at radius 2 is 1.85 bits per heavy atom. The molecule has 2 aromatic carbocycles. The van der Waals surface area contributed by atoms with E-state index in [1.54, 1.807) is 30.3 Å². The standard InChI is InChI=1S/C19H15BrFNO4/c20-13-6-4-11(5-7-13)17(24)15-16(12-2-1-3-14(21)10-12)22(8-9-23)19(26)18(15)25/h1-7,10,16,23-24H,8-9H2. The Morgan fingerprint density at radius 3 is 2.46 bits per heavy atom. The molecular formula is C19H15BrFNO4. The Balaban J connectivity index is 2.19. The van der Waals surface area contributed by atoms with Crippen molar-refractivity contribution in [3.05, 3.63) is 75.5 Å². The van der Waals surface area contributed by atoms with Crippen LogP contribution in [-0.2, 0) is 9.59 Å². The lowest BCUT2D eigenvalue weighted by atomic mass is 9.95. The third-order valence-electron chi connectivity index (χ3n) is 4.16. The molecule has 0 aliphatic carbocycles. The average Bonchev–Trinajstić information content (AvgIpc) is 2.87. The van der Waals surface area contributed by atoms with Crippen molar-refractivity contribution in [2.75, 3.05) is 13.2 Å². The van der Waals surface area contributed by atoms with E-state index in [1.807, 2.05) is 0 Å². The van der Waals surface area contributed by atoms with Gasteiger partial charge in [-0.2, -0.15) is 0 Å². The highest BCUT2D eigenvalue weighted by atomic mass is 79.9. The molecule has 1 aliphatic heterocycles. The number of benzene rings is 2. The fraction of sp³-hybridized carbons (Fsp3) is 0.158. The molecule has 2 N–H and O–H groups in total. The molecule has 1 amide bonds. The van der Waals surface area contributed by atoms with Gasteiger partial charge in [0, 0.05) is 16.6 Å². The summed E-state index contributed by atoms with van der Waals surface area (Å²) in [5.74, 6) is -2.58. The van der Waals surface area contributed by atoms with Crippen molar-refractivity contribution in [2.45, 2.75) is 6.04 Å². The molecule has 3 rings (SSSR count). The smallest absolute Gasteiger partial charge is 0.295 e. The minimum Gasteiger partial charge on any atom is -0.507 e. The summed E-state index contributed by atoms with van der Waals surface area (Å²) in [5, 5.41) is 20.0. The number of amides is 1. The third-order valence-corrected chi connectivity index (χ3v) is 4.69. The van der Waals surface area contributed by atoms with Gasteiger partial charge in [-0.3, -0.25) is 9.59 Å². The molecule has 0 radical (unpaired) electrons. The maximum Gasteiger partial charge on any atom is 0.295 e. The number of ketones is 1. The van der Waals surface area contributed by atoms with E-state index in [1.165, 1.54) is 18.2 Å². The normalized spacial score (nSPS) is 19.2. The number of carbonyl (C=O) groups is 2. The fourth-order valence-corrected chi connectivity index (χ4v) is 3.27. The first-order valence-electron chi connectivity index (χ1n) is 7.84. The van der Waals surface area contributed by atoms with Gasteiger partial charge in [-0.25, -0.2) is 4.39 Å². The van der Waals surface area contributed by atoms with Crippen LogP contribution in [0.15, 0.2) is 58.6 Å². The number of halogens is 2. The number of hydrogen-bond donors (Lipinski definition) is 2. The van der Waals surface area contributed by atoms with Gasteiger partial charge < -0.3 is 15.1 Å². The Bertz CT molecular complexity index is 895. The van der Waals surface area contributed by atoms with E-state index in [4.69, 9.17) is 0 Å². The summed E-state index contributed by atoms with van der Waals surface area (Å²) >= 11 is 3.29. The van der Waals surface area contributed by atoms with Crippen molar-refractivity contribution in [2.24, 2.45) is 0 Å². The predicted octanol–water partition coefficient (Wildman–Crippen LogP) is 3.00. The van der Waals surface area contributed by atoms with Gasteiger partial charge in [0.05, 0.1) is 18.2 Å². The summed E-state index contributed by atoms with van der Waals surface area (Å²) in [6, 6.07) is 11.1. The highest BCUT2D eigenvalue weighted by Crippen LogP contribution is 2.39. The zero-order valence-corrected chi connectivity index (χ0v) is 15.1. The molecule has 1 saturated heterocycles. The zero-order valence-electron chi connectivity index (χ0n) is 13.5. The molecule has 1 unspecified atom stereocenters. The maximum atomic E-state index is 13.7. The zero-order chi connectivity index (χ0) is 18.8. The first-order chi connectivity index (χ1) is 12.4. The molecule has 1 fully saturated rings. The van der Waals surface area contributed by atoms with E-state index in [9.17, 15) is 24.2 Å². The number of aliphatic hydroxyl groups excluding tert-OH is 2. The molecule has 2 aromatic rings. The summed E-state index contributed by atoms with van der Waals surface area (Å²) in [5.41, 5.74) is 0.573. The minimum atomic E-state index is -0.971. The summed E-state index contributed by atoms with van der Waals surface area (Å²) in [6.07, 6.45) is 0. The SMILES string of the molecule is O=C1C(=O)N(CCO)C(c2cccc(F)c2)C1=C(O)c1ccc(Br)cc1. The van der Waals surface area contributed by atoms with Crippen molar-refractivity contribution in [3.8, 4) is 0 Å². The van der Waals surface area contributed by atoms with Crippen molar-refractivity contribution in [3.63, 3.8) is 0 Å². The van der Waals surface area contributed by atoms with Crippen molar-refractivity contribution in [1.82, 2.24) is 4.90 Å². The molecule has 1 heterocycles. The number of Topliss-reactive ketones (excluding diaryl/α,β-unsaturated/α-hetero) is 1. The maximum absolute atomic E-state index is 13.7. The van der Waals surface area contributed by atoms with Gasteiger partial charge in [-0.15, -0.1) is 0 Å². The van der Waals surface area contributed by atoms with Crippen LogP contribution in [0.2, 0.25) is 0 Å². The van der Waals surface area contributed by atoms with Crippen LogP contribution in [0.1, 0.15) is 17.2 Å². The molecule has 0 saturated carbocycles. The van der Waals surface area contributed by atoms with Crippen molar-refractivity contribution >= 4 is 33.4 Å². The van der Waals surface area contributed by atoms with Crippen LogP contribution in [0.4, 0.5) is 4.39 Å². The van der Waals surface area contributed by atoms with E-state index in [2.05, 4.69) is 15.9 Å². The Morgan fingerprint density at radius 1 is 1.15 bits per heavy atom. The van der Waals surface area contributed by atoms with Gasteiger partial charge in [-0.1, -0.05) is 40.2 Å². The number of hydrogen-bond acceptors (Lipinski definition) is 4. The van der Waals surface area contributed by atoms with Gasteiger partial charge in [-0.05, 0) is 29.8 Å². The van der Waals surface area contributed by atoms with Crippen LogP contribution in [0.5, 0.6) is 0 Å². The van der Waals surface area contributed by atoms with Crippen LogP contribution < -0.4 is 0 Å². The molecule has 26 heavy (non-hydrogen) atoms. The second-order valence-electron chi connectivity index (χ2n) is 5.78. The molecule has 7 heteroatoms. The lowest BCUT2D eigenvalue weighted by molar-refractivity contribution is -0.140. The van der Waals surface area contributed by atoms with E-state index in [0.717, 1.165) is 9.37 Å². The fourth-order valence-electron chi connectivity index (χ4n) is 3.00. The molecule has 0 aromatic heterocycles. The molecular weight excluding hydrogens is 405 g/mol. The number of likely N-dealkylation sites (tertiary alicyclic amines) is 1. The topological polar surface area (TPSA) is 77.8 Å². The predicted molar refractivity (Wildman–Crippen MR) is 96.6 cm³/mol. The molecule has 5 nitrogen and oxygen atoms in total. The molecule has 0 bridgehead atoms. The highest BCUT2D eigenvalue weighted by molar-refractivity contribution is 9.10. The first kappa shape index (κ1) is 18.3. The summed E-state index contributed by atoms with van der Waals surface area (Å²) in [4.78, 5) is 26.1. The van der Waals surface area contributed by atoms with Gasteiger partial charge >= 0.3 is 0 Å². The van der Waals surface area contributed by atoms with Crippen LogP contribution in [0.25, 0.3) is 5.76 Å². The molecule has 0 spiro atoms. The number of β-amino-alcohol motifs (C(OH)–C–C–N with tert-alkyl or cyclic N) is 1. The van der Waals surface area contributed by atoms with Crippen molar-refractivity contribution < 1.29 is 24.2 Å². The number of carbonyl (C=O) groups excluding carboxylic acids is 2. The Kier molecular flexibility index (Phi) is 5.20. The summed E-state index contributed by atoms with van der Waals surface area (Å²) in [6.45, 7) is -0.472. The average molecular weight is 420 g/mol. The van der Waals surface area contributed by atoms with Gasteiger partial charge in [0.25, 0.3) is 11.7 Å². The number of aliphatic hydroxyl groups is 2. The van der Waals surface area contributed by atoms with Crippen molar-refractivity contribution in [1.29, 1.82) is 0 Å². The minimum absolute atomic E-state index is 0.108. The molecule has 1 atom stereocenters. The lowest BCUT2D eigenvalue weighted by Gasteiger charge is -2.24. The second-order valence-corrected chi connectivity index (χ2v) is 6.69. The summed E-state index contributed by atoms with van der Waals surface area (Å²) < 4.78 is 14.5. The summed E-state index contributed by atoms with van der Waals surface area (Å²) in [7, 11) is 0. The largest absolute Gasteiger partial charge is 0.507 e. The highest BCUT2D eigenvalue weighted by Gasteiger charge is 2.45. The van der Waals surface area contributed by atoms with Gasteiger partial charge in [0.2, 0.25) is 0 Å². The number of nitrogens with zero attached hydrogens (tertiary/aromatic N) is 1. The lowest BCUT2D eigenvalue weighted by Crippen LogP contribution is -2.32. The van der Waals surface area contributed by atoms with Gasteiger partial charge in [0.15, 0.2) is 0 Å². The molecule has 134 valence electrons. The van der Waals surface area contributed by atoms with E-state index >= 15 is 0 Å².